The molecule has 0 aliphatic carbocycles. The predicted molar refractivity (Wildman–Crippen MR) is 122 cm³/mol. The number of ether oxygens (including phenoxy) is 1. The Morgan fingerprint density at radius 2 is 1.87 bits per heavy atom. The first-order valence-corrected chi connectivity index (χ1v) is 10.7. The van der Waals surface area contributed by atoms with Gasteiger partial charge in [-0.2, -0.15) is 0 Å². The number of aromatic nitrogens is 3. The van der Waals surface area contributed by atoms with Gasteiger partial charge in [0.1, 0.15) is 16.8 Å². The maximum absolute atomic E-state index is 12.2. The molecule has 3 aromatic rings. The van der Waals surface area contributed by atoms with Crippen molar-refractivity contribution in [3.05, 3.63) is 53.7 Å². The van der Waals surface area contributed by atoms with Gasteiger partial charge in [-0.3, -0.25) is 4.79 Å². The Labute approximate surface area is 182 Å². The van der Waals surface area contributed by atoms with E-state index in [1.165, 1.54) is 11.8 Å². The van der Waals surface area contributed by atoms with Crippen molar-refractivity contribution in [2.24, 2.45) is 0 Å². The summed E-state index contributed by atoms with van der Waals surface area (Å²) in [7, 11) is 0. The van der Waals surface area contributed by atoms with Crippen molar-refractivity contribution < 1.29 is 9.53 Å². The van der Waals surface area contributed by atoms with Crippen molar-refractivity contribution in [1.29, 1.82) is 0 Å². The number of thioether (sulfide) groups is 1. The van der Waals surface area contributed by atoms with E-state index in [2.05, 4.69) is 53.6 Å². The molecule has 0 unspecified atom stereocenters. The average Bonchev–Trinajstić information content (AvgIpc) is 3.08. The summed E-state index contributed by atoms with van der Waals surface area (Å²) in [5.41, 5.74) is 3.42. The highest BCUT2D eigenvalue weighted by atomic mass is 32.2. The van der Waals surface area contributed by atoms with E-state index in [0.717, 1.165) is 27.2 Å². The number of esters is 1. The summed E-state index contributed by atoms with van der Waals surface area (Å²) in [4.78, 5) is 25.1. The van der Waals surface area contributed by atoms with Gasteiger partial charge in [0.15, 0.2) is 0 Å². The van der Waals surface area contributed by atoms with Gasteiger partial charge in [-0.05, 0) is 62.9 Å². The third kappa shape index (κ3) is 5.22. The molecule has 2 heterocycles. The number of hydrogen-bond donors (Lipinski definition) is 1. The fraction of sp³-hybridized carbons (Fsp3) is 0.375. The van der Waals surface area contributed by atoms with Crippen LogP contribution in [-0.2, 0) is 14.9 Å². The first-order chi connectivity index (χ1) is 14.1. The lowest BCUT2D eigenvalue weighted by molar-refractivity contribution is -0.145. The molecule has 0 atom stereocenters. The first kappa shape index (κ1) is 21.9. The van der Waals surface area contributed by atoms with Crippen molar-refractivity contribution in [1.82, 2.24) is 15.0 Å². The molecule has 2 aromatic heterocycles. The van der Waals surface area contributed by atoms with Gasteiger partial charge >= 0.3 is 5.97 Å². The second-order valence-corrected chi connectivity index (χ2v) is 10.2. The maximum atomic E-state index is 12.2. The number of benzene rings is 1. The number of rotatable bonds is 4. The summed E-state index contributed by atoms with van der Waals surface area (Å²) in [5.74, 6) is 6.06. The van der Waals surface area contributed by atoms with E-state index in [-0.39, 0.29) is 11.4 Å². The third-order valence-electron chi connectivity index (χ3n) is 4.49. The quantitative estimate of drug-likeness (QED) is 0.361. The van der Waals surface area contributed by atoms with Crippen LogP contribution in [0.5, 0.6) is 0 Å². The standard InChI is InChI=1S/C24H27N3O2S/c1-7-29-22(28)24(5,6)30-19-10-11-20-16(13-19)12-18(27-20)9-8-17-14-21(23(2,3)4)26-15-25-17/h10-15,27H,7H2,1-6H3. The smallest absolute Gasteiger partial charge is 0.321 e. The van der Waals surface area contributed by atoms with Crippen LogP contribution in [0.3, 0.4) is 0 Å². The second-order valence-electron chi connectivity index (χ2n) is 8.55. The van der Waals surface area contributed by atoms with Crippen LogP contribution in [0.2, 0.25) is 0 Å². The number of aromatic amines is 1. The molecule has 0 spiro atoms. The molecule has 0 amide bonds. The first-order valence-electron chi connectivity index (χ1n) is 9.92. The topological polar surface area (TPSA) is 67.9 Å². The minimum Gasteiger partial charge on any atom is -0.465 e. The van der Waals surface area contributed by atoms with Crippen LogP contribution >= 0.6 is 11.8 Å². The van der Waals surface area contributed by atoms with Crippen molar-refractivity contribution in [2.75, 3.05) is 6.61 Å². The van der Waals surface area contributed by atoms with Crippen molar-refractivity contribution >= 4 is 28.6 Å². The molecule has 0 radical (unpaired) electrons. The lowest BCUT2D eigenvalue weighted by atomic mass is 9.91. The van der Waals surface area contributed by atoms with Crippen molar-refractivity contribution in [3.63, 3.8) is 0 Å². The number of hydrogen-bond acceptors (Lipinski definition) is 5. The van der Waals surface area contributed by atoms with Crippen LogP contribution in [0.15, 0.2) is 41.6 Å². The van der Waals surface area contributed by atoms with E-state index in [0.29, 0.717) is 12.3 Å². The number of fused-ring (bicyclic) bond motifs is 1. The van der Waals surface area contributed by atoms with Gasteiger partial charge in [0, 0.05) is 21.2 Å². The lowest BCUT2D eigenvalue weighted by Gasteiger charge is -2.21. The van der Waals surface area contributed by atoms with Crippen LogP contribution in [0.25, 0.3) is 10.9 Å². The number of H-pyrrole nitrogens is 1. The summed E-state index contributed by atoms with van der Waals surface area (Å²) in [6.07, 6.45) is 1.56. The summed E-state index contributed by atoms with van der Waals surface area (Å²) in [6.45, 7) is 12.3. The highest BCUT2D eigenvalue weighted by Gasteiger charge is 2.30. The largest absolute Gasteiger partial charge is 0.465 e. The lowest BCUT2D eigenvalue weighted by Crippen LogP contribution is -2.29. The zero-order chi connectivity index (χ0) is 21.9. The number of nitrogens with zero attached hydrogens (tertiary/aromatic N) is 2. The fourth-order valence-electron chi connectivity index (χ4n) is 2.85. The molecule has 3 rings (SSSR count). The molecule has 0 saturated heterocycles. The van der Waals surface area contributed by atoms with E-state index in [1.807, 2.05) is 45.0 Å². The number of carbonyl (C=O) groups is 1. The minimum absolute atomic E-state index is 0.0497. The monoisotopic (exact) mass is 421 g/mol. The number of nitrogens with one attached hydrogen (secondary N) is 1. The van der Waals surface area contributed by atoms with Gasteiger partial charge in [0.05, 0.1) is 18.0 Å². The Morgan fingerprint density at radius 3 is 2.57 bits per heavy atom. The summed E-state index contributed by atoms with van der Waals surface area (Å²) in [5, 5.41) is 1.04. The third-order valence-corrected chi connectivity index (χ3v) is 5.66. The van der Waals surface area contributed by atoms with Crippen molar-refractivity contribution in [2.45, 2.75) is 56.6 Å². The molecular formula is C24H27N3O2S. The van der Waals surface area contributed by atoms with Crippen molar-refractivity contribution in [3.8, 4) is 11.8 Å². The Morgan fingerprint density at radius 1 is 1.10 bits per heavy atom. The Balaban J connectivity index is 1.82. The zero-order valence-electron chi connectivity index (χ0n) is 18.3. The molecule has 30 heavy (non-hydrogen) atoms. The molecule has 1 aromatic carbocycles. The molecule has 0 fully saturated rings. The van der Waals surface area contributed by atoms with Gasteiger partial charge in [0.2, 0.25) is 0 Å². The van der Waals surface area contributed by atoms with E-state index in [4.69, 9.17) is 4.74 Å². The Bertz CT molecular complexity index is 1130. The van der Waals surface area contributed by atoms with E-state index < -0.39 is 4.75 Å². The normalized spacial score (nSPS) is 11.8. The molecule has 1 N–H and O–H groups in total. The summed E-state index contributed by atoms with van der Waals surface area (Å²) in [6, 6.07) is 10.0. The van der Waals surface area contributed by atoms with Gasteiger partial charge in [0.25, 0.3) is 0 Å². The zero-order valence-corrected chi connectivity index (χ0v) is 19.1. The molecule has 0 saturated carbocycles. The number of carbonyl (C=O) groups excluding carboxylic acids is 1. The Hall–Kier alpha value is -2.78. The molecule has 6 heteroatoms. The van der Waals surface area contributed by atoms with E-state index in [9.17, 15) is 4.79 Å². The van der Waals surface area contributed by atoms with Crippen LogP contribution < -0.4 is 0 Å². The highest BCUT2D eigenvalue weighted by molar-refractivity contribution is 8.01. The second kappa shape index (κ2) is 8.53. The molecule has 156 valence electrons. The Kier molecular flexibility index (Phi) is 6.23. The van der Waals surface area contributed by atoms with Gasteiger partial charge in [-0.1, -0.05) is 20.8 Å². The van der Waals surface area contributed by atoms with E-state index in [1.54, 1.807) is 6.33 Å². The van der Waals surface area contributed by atoms with Gasteiger partial charge < -0.3 is 9.72 Å². The molecule has 0 aliphatic rings. The van der Waals surface area contributed by atoms with Crippen LogP contribution in [0.1, 0.15) is 58.6 Å². The molecule has 0 bridgehead atoms. The van der Waals surface area contributed by atoms with Crippen LogP contribution in [-0.4, -0.2) is 32.3 Å². The minimum atomic E-state index is -0.652. The predicted octanol–water partition coefficient (Wildman–Crippen LogP) is 5.09. The SMILES string of the molecule is CCOC(=O)C(C)(C)Sc1ccc2[nH]c(C#Cc3cc(C(C)(C)C)ncn3)cc2c1. The molecular weight excluding hydrogens is 394 g/mol. The maximum Gasteiger partial charge on any atom is 0.321 e. The summed E-state index contributed by atoms with van der Waals surface area (Å²) < 4.78 is 4.53. The van der Waals surface area contributed by atoms with Crippen LogP contribution in [0, 0.1) is 11.8 Å². The van der Waals surface area contributed by atoms with Gasteiger partial charge in [-0.25, -0.2) is 9.97 Å². The van der Waals surface area contributed by atoms with E-state index >= 15 is 0 Å². The highest BCUT2D eigenvalue weighted by Crippen LogP contribution is 2.35. The average molecular weight is 422 g/mol. The van der Waals surface area contributed by atoms with Gasteiger partial charge in [-0.15, -0.1) is 11.8 Å². The van der Waals surface area contributed by atoms with Crippen LogP contribution in [0.4, 0.5) is 0 Å². The molecule has 0 aliphatic heterocycles. The fourth-order valence-corrected chi connectivity index (χ4v) is 3.90. The molecule has 5 nitrogen and oxygen atoms in total. The summed E-state index contributed by atoms with van der Waals surface area (Å²) >= 11 is 1.49.